The van der Waals surface area contributed by atoms with Gasteiger partial charge in [-0.3, -0.25) is 9.59 Å². The van der Waals surface area contributed by atoms with Crippen LogP contribution in [0.4, 0.5) is 13.2 Å². The number of nitrogens with zero attached hydrogens (tertiary/aromatic N) is 2. The monoisotopic (exact) mass is 383 g/mol. The molecule has 2 N–H and O–H groups in total. The molecule has 0 radical (unpaired) electrons. The zero-order valence-electron chi connectivity index (χ0n) is 14.0. The van der Waals surface area contributed by atoms with Crippen molar-refractivity contribution in [2.24, 2.45) is 0 Å². The number of rotatable bonds is 5. The Bertz CT molecular complexity index is 857. The maximum Gasteiger partial charge on any atom is 0.416 e. The van der Waals surface area contributed by atoms with Crippen LogP contribution in [0.1, 0.15) is 28.9 Å². The highest BCUT2D eigenvalue weighted by Crippen LogP contribution is 2.30. The lowest BCUT2D eigenvalue weighted by Gasteiger charge is -2.26. The number of carboxylic acids is 1. The summed E-state index contributed by atoms with van der Waals surface area (Å²) in [7, 11) is 0. The molecule has 0 saturated carbocycles. The second-order valence-corrected chi connectivity index (χ2v) is 6.30. The highest BCUT2D eigenvalue weighted by molar-refractivity contribution is 5.93. The lowest BCUT2D eigenvalue weighted by Crippen LogP contribution is -2.50. The van der Waals surface area contributed by atoms with Crippen LogP contribution in [0.2, 0.25) is 0 Å². The Morgan fingerprint density at radius 1 is 1.33 bits per heavy atom. The summed E-state index contributed by atoms with van der Waals surface area (Å²) >= 11 is 0. The Kier molecular flexibility index (Phi) is 4.92. The van der Waals surface area contributed by atoms with Gasteiger partial charge in [0.2, 0.25) is 0 Å². The third kappa shape index (κ3) is 4.27. The summed E-state index contributed by atoms with van der Waals surface area (Å²) < 4.78 is 44.9. The van der Waals surface area contributed by atoms with E-state index in [4.69, 9.17) is 9.84 Å². The molecule has 0 spiro atoms. The molecular formula is C17H16F3N3O4. The van der Waals surface area contributed by atoms with Crippen LogP contribution in [0, 0.1) is 0 Å². The normalized spacial score (nSPS) is 19.8. The second-order valence-electron chi connectivity index (χ2n) is 6.30. The summed E-state index contributed by atoms with van der Waals surface area (Å²) in [6, 6.07) is 5.89. The van der Waals surface area contributed by atoms with Gasteiger partial charge in [-0.05, 0) is 30.7 Å². The highest BCUT2D eigenvalue weighted by atomic mass is 19.4. The van der Waals surface area contributed by atoms with E-state index < -0.39 is 29.2 Å². The molecule has 1 fully saturated rings. The number of nitrogens with one attached hydrogen (secondary N) is 1. The minimum absolute atomic E-state index is 0.0379. The van der Waals surface area contributed by atoms with Gasteiger partial charge in [-0.25, -0.2) is 4.68 Å². The van der Waals surface area contributed by atoms with E-state index in [-0.39, 0.29) is 24.4 Å². The Labute approximate surface area is 151 Å². The van der Waals surface area contributed by atoms with Crippen LogP contribution in [0.5, 0.6) is 0 Å². The molecule has 1 saturated heterocycles. The second kappa shape index (κ2) is 7.03. The van der Waals surface area contributed by atoms with Crippen LogP contribution in [0.15, 0.2) is 36.5 Å². The number of aliphatic carboxylic acids is 1. The van der Waals surface area contributed by atoms with E-state index in [1.54, 1.807) is 0 Å². The zero-order chi connectivity index (χ0) is 19.7. The predicted molar refractivity (Wildman–Crippen MR) is 86.5 cm³/mol. The van der Waals surface area contributed by atoms with Crippen molar-refractivity contribution < 1.29 is 32.6 Å². The maximum absolute atomic E-state index is 12.8. The van der Waals surface area contributed by atoms with Crippen LogP contribution >= 0.6 is 0 Å². The van der Waals surface area contributed by atoms with Crippen molar-refractivity contribution in [2.45, 2.75) is 24.6 Å². The van der Waals surface area contributed by atoms with Gasteiger partial charge in [-0.15, -0.1) is 0 Å². The van der Waals surface area contributed by atoms with E-state index in [0.717, 1.165) is 16.8 Å². The molecule has 2 heterocycles. The van der Waals surface area contributed by atoms with Crippen molar-refractivity contribution in [3.8, 4) is 5.69 Å². The lowest BCUT2D eigenvalue weighted by molar-refractivity contribution is -0.139. The molecule has 1 atom stereocenters. The summed E-state index contributed by atoms with van der Waals surface area (Å²) in [4.78, 5) is 23.5. The third-order valence-electron chi connectivity index (χ3n) is 4.23. The number of hydrogen-bond acceptors (Lipinski definition) is 4. The largest absolute Gasteiger partial charge is 0.481 e. The van der Waals surface area contributed by atoms with Gasteiger partial charge < -0.3 is 15.2 Å². The molecule has 1 aliphatic heterocycles. The van der Waals surface area contributed by atoms with Gasteiger partial charge in [0.1, 0.15) is 0 Å². The van der Waals surface area contributed by atoms with Crippen LogP contribution in [-0.2, 0) is 15.7 Å². The van der Waals surface area contributed by atoms with E-state index in [0.29, 0.717) is 13.0 Å². The molecule has 3 rings (SSSR count). The van der Waals surface area contributed by atoms with Crippen LogP contribution in [-0.4, -0.2) is 45.5 Å². The Balaban J connectivity index is 1.79. The third-order valence-corrected chi connectivity index (χ3v) is 4.23. The van der Waals surface area contributed by atoms with Crippen molar-refractivity contribution in [1.82, 2.24) is 15.1 Å². The average Bonchev–Trinajstić information content (AvgIpc) is 3.23. The fraction of sp³-hybridized carbons (Fsp3) is 0.353. The first-order valence-electron chi connectivity index (χ1n) is 8.04. The first-order valence-corrected chi connectivity index (χ1v) is 8.04. The molecule has 7 nitrogen and oxygen atoms in total. The minimum atomic E-state index is -4.49. The van der Waals surface area contributed by atoms with Crippen molar-refractivity contribution in [3.63, 3.8) is 0 Å². The molecule has 1 aromatic heterocycles. The Hall–Kier alpha value is -2.88. The number of carbonyl (C=O) groups is 2. The molecular weight excluding hydrogens is 367 g/mol. The first kappa shape index (κ1) is 18.9. The molecule has 0 bridgehead atoms. The van der Waals surface area contributed by atoms with Gasteiger partial charge in [0.15, 0.2) is 5.69 Å². The molecule has 2 aromatic rings. The number of carboxylic acid groups (broad SMARTS) is 1. The quantitative estimate of drug-likeness (QED) is 0.826. The zero-order valence-corrected chi connectivity index (χ0v) is 14.0. The minimum Gasteiger partial charge on any atom is -0.481 e. The van der Waals surface area contributed by atoms with E-state index in [2.05, 4.69) is 10.4 Å². The van der Waals surface area contributed by atoms with Crippen LogP contribution < -0.4 is 5.32 Å². The molecule has 1 aromatic carbocycles. The number of benzene rings is 1. The molecule has 1 amide bonds. The fourth-order valence-electron chi connectivity index (χ4n) is 2.90. The SMILES string of the molecule is O=C(O)CC1(NC(=O)c2ccn(-c3cccc(C(F)(F)F)c3)n2)CCOC1. The first-order chi connectivity index (χ1) is 12.7. The summed E-state index contributed by atoms with van der Waals surface area (Å²) in [5.41, 5.74) is -1.74. The molecule has 27 heavy (non-hydrogen) atoms. The summed E-state index contributed by atoms with van der Waals surface area (Å²) in [6.07, 6.45) is -3.08. The van der Waals surface area contributed by atoms with Crippen molar-refractivity contribution >= 4 is 11.9 Å². The highest BCUT2D eigenvalue weighted by Gasteiger charge is 2.39. The molecule has 1 unspecified atom stereocenters. The van der Waals surface area contributed by atoms with Gasteiger partial charge in [-0.1, -0.05) is 6.07 Å². The van der Waals surface area contributed by atoms with E-state index in [1.165, 1.54) is 24.4 Å². The number of ether oxygens (including phenoxy) is 1. The van der Waals surface area contributed by atoms with Gasteiger partial charge in [0, 0.05) is 12.8 Å². The summed E-state index contributed by atoms with van der Waals surface area (Å²) in [5.74, 6) is -1.69. The standard InChI is InChI=1S/C17H16F3N3O4/c18-17(19,20)11-2-1-3-12(8-11)23-6-4-13(22-23)15(26)21-16(9-14(24)25)5-7-27-10-16/h1-4,6,8H,5,7,9-10H2,(H,21,26)(H,24,25). The van der Waals surface area contributed by atoms with Crippen molar-refractivity contribution in [3.05, 3.63) is 47.8 Å². The number of aromatic nitrogens is 2. The topological polar surface area (TPSA) is 93.5 Å². The van der Waals surface area contributed by atoms with Crippen molar-refractivity contribution in [2.75, 3.05) is 13.2 Å². The smallest absolute Gasteiger partial charge is 0.416 e. The number of alkyl halides is 3. The number of carbonyl (C=O) groups excluding carboxylic acids is 1. The Morgan fingerprint density at radius 3 is 2.74 bits per heavy atom. The van der Waals surface area contributed by atoms with Crippen LogP contribution in [0.25, 0.3) is 5.69 Å². The van der Waals surface area contributed by atoms with E-state index in [1.807, 2.05) is 0 Å². The molecule has 0 aliphatic carbocycles. The Morgan fingerprint density at radius 2 is 2.11 bits per heavy atom. The van der Waals surface area contributed by atoms with Gasteiger partial charge >= 0.3 is 12.1 Å². The van der Waals surface area contributed by atoms with Crippen LogP contribution in [0.3, 0.4) is 0 Å². The summed E-state index contributed by atoms with van der Waals surface area (Å²) in [5, 5.41) is 15.7. The number of amides is 1. The van der Waals surface area contributed by atoms with E-state index >= 15 is 0 Å². The van der Waals surface area contributed by atoms with Crippen molar-refractivity contribution in [1.29, 1.82) is 0 Å². The molecule has 10 heteroatoms. The molecule has 144 valence electrons. The summed E-state index contributed by atoms with van der Waals surface area (Å²) in [6.45, 7) is 0.394. The number of hydrogen-bond donors (Lipinski definition) is 2. The lowest BCUT2D eigenvalue weighted by atomic mass is 9.94. The predicted octanol–water partition coefficient (Wildman–Crippen LogP) is 2.25. The maximum atomic E-state index is 12.8. The average molecular weight is 383 g/mol. The van der Waals surface area contributed by atoms with Gasteiger partial charge in [0.05, 0.1) is 29.8 Å². The molecule has 1 aliphatic rings. The fourth-order valence-corrected chi connectivity index (χ4v) is 2.90. The van der Waals surface area contributed by atoms with Gasteiger partial charge in [0.25, 0.3) is 5.91 Å². The van der Waals surface area contributed by atoms with E-state index in [9.17, 15) is 22.8 Å². The number of halogens is 3. The van der Waals surface area contributed by atoms with Gasteiger partial charge in [-0.2, -0.15) is 18.3 Å².